The van der Waals surface area contributed by atoms with Crippen LogP contribution in [-0.4, -0.2) is 24.9 Å². The Morgan fingerprint density at radius 1 is 0.393 bits per heavy atom. The van der Waals surface area contributed by atoms with Crippen LogP contribution < -0.4 is 0 Å². The number of rotatable bonds is 8. The zero-order chi connectivity index (χ0) is 37.3. The van der Waals surface area contributed by atoms with Crippen LogP contribution in [0.5, 0.6) is 0 Å². The van der Waals surface area contributed by atoms with E-state index >= 15 is 0 Å². The van der Waals surface area contributed by atoms with E-state index in [2.05, 4.69) is 133 Å². The maximum Gasteiger partial charge on any atom is 0.164 e. The van der Waals surface area contributed by atoms with Gasteiger partial charge in [-0.1, -0.05) is 169 Å². The highest BCUT2D eigenvalue weighted by Gasteiger charge is 2.18. The molecule has 0 saturated heterocycles. The summed E-state index contributed by atoms with van der Waals surface area (Å²) >= 11 is 3.42. The van der Waals surface area contributed by atoms with E-state index in [4.69, 9.17) is 24.9 Å². The highest BCUT2D eigenvalue weighted by molar-refractivity contribution is 7.99. The van der Waals surface area contributed by atoms with Gasteiger partial charge in [0.05, 0.1) is 10.6 Å². The second-order valence-electron chi connectivity index (χ2n) is 13.3. The number of thiophene rings is 1. The van der Waals surface area contributed by atoms with Gasteiger partial charge in [-0.3, -0.25) is 0 Å². The summed E-state index contributed by atoms with van der Waals surface area (Å²) < 4.78 is 2.28. The van der Waals surface area contributed by atoms with Crippen LogP contribution in [0.15, 0.2) is 198 Å². The van der Waals surface area contributed by atoms with Gasteiger partial charge in [0.25, 0.3) is 0 Å². The lowest BCUT2D eigenvalue weighted by atomic mass is 10.0. The summed E-state index contributed by atoms with van der Waals surface area (Å²) in [6, 6.07) is 62.6. The van der Waals surface area contributed by atoms with Crippen LogP contribution in [0.3, 0.4) is 0 Å². The predicted molar refractivity (Wildman–Crippen MR) is 231 cm³/mol. The second kappa shape index (κ2) is 14.8. The number of aromatic nitrogens is 5. The molecular weight excluding hydrogens is 723 g/mol. The molecule has 0 radical (unpaired) electrons. The van der Waals surface area contributed by atoms with Crippen molar-refractivity contribution in [1.29, 1.82) is 0 Å². The van der Waals surface area contributed by atoms with E-state index in [1.165, 1.54) is 16.3 Å². The number of hydrogen-bond acceptors (Lipinski definition) is 7. The second-order valence-corrected chi connectivity index (χ2v) is 15.5. The minimum Gasteiger partial charge on any atom is -0.235 e. The van der Waals surface area contributed by atoms with Crippen LogP contribution >= 0.6 is 23.1 Å². The van der Waals surface area contributed by atoms with Gasteiger partial charge in [0.1, 0.15) is 0 Å². The highest BCUT2D eigenvalue weighted by Crippen LogP contribution is 2.42. The van der Waals surface area contributed by atoms with Crippen molar-refractivity contribution in [2.75, 3.05) is 0 Å². The van der Waals surface area contributed by atoms with E-state index in [1.807, 2.05) is 54.7 Å². The quantitative estimate of drug-likeness (QED) is 0.154. The molecule has 264 valence electrons. The average molecular weight is 754 g/mol. The summed E-state index contributed by atoms with van der Waals surface area (Å²) in [5.41, 5.74) is 8.09. The first kappa shape index (κ1) is 33.7. The van der Waals surface area contributed by atoms with E-state index in [1.54, 1.807) is 23.1 Å². The van der Waals surface area contributed by atoms with Gasteiger partial charge < -0.3 is 0 Å². The van der Waals surface area contributed by atoms with Crippen LogP contribution in [0, 0.1) is 0 Å². The molecule has 5 nitrogen and oxygen atoms in total. The van der Waals surface area contributed by atoms with Crippen LogP contribution in [0.4, 0.5) is 0 Å². The molecule has 0 N–H and O–H groups in total. The van der Waals surface area contributed by atoms with Crippen LogP contribution in [0.25, 0.3) is 88.1 Å². The third-order valence-corrected chi connectivity index (χ3v) is 11.9. The third-order valence-electron chi connectivity index (χ3n) is 9.69. The molecule has 0 bridgehead atoms. The molecule has 0 amide bonds. The van der Waals surface area contributed by atoms with E-state index in [0.29, 0.717) is 23.3 Å². The first-order chi connectivity index (χ1) is 27.7. The number of benzene rings is 7. The molecule has 0 unspecified atom stereocenters. The number of nitrogens with zero attached hydrogens (tertiary/aromatic N) is 5. The lowest BCUT2D eigenvalue weighted by molar-refractivity contribution is 1.07. The average Bonchev–Trinajstić information content (AvgIpc) is 3.66. The fourth-order valence-corrected chi connectivity index (χ4v) is 9.06. The number of fused-ring (bicyclic) bond motifs is 3. The summed E-state index contributed by atoms with van der Waals surface area (Å²) in [5.74, 6) is 2.60. The van der Waals surface area contributed by atoms with E-state index in [9.17, 15) is 0 Å². The topological polar surface area (TPSA) is 64.5 Å². The van der Waals surface area contributed by atoms with Gasteiger partial charge in [-0.25, -0.2) is 24.9 Å². The third kappa shape index (κ3) is 6.64. The summed E-state index contributed by atoms with van der Waals surface area (Å²) in [6.07, 6.45) is 1.96. The molecule has 0 fully saturated rings. The number of hydrogen-bond donors (Lipinski definition) is 0. The molecular formula is C49H31N5S2. The lowest BCUT2D eigenvalue weighted by Crippen LogP contribution is -2.00. The SMILES string of the molecule is c1ccc(Sc2cnc(-c3cccc4c3sc3cc(-c5nc(-c6ccccc6)nc(-c6ccc(-c7ccccc7)cc6)n5)ccc34)nc2-c2ccccc2)cc1. The molecule has 0 saturated carbocycles. The van der Waals surface area contributed by atoms with Crippen molar-refractivity contribution in [1.82, 2.24) is 24.9 Å². The monoisotopic (exact) mass is 753 g/mol. The van der Waals surface area contributed by atoms with Crippen molar-refractivity contribution in [3.8, 4) is 67.9 Å². The molecule has 0 aliphatic carbocycles. The molecule has 0 atom stereocenters. The Hall–Kier alpha value is -6.80. The van der Waals surface area contributed by atoms with Gasteiger partial charge in [0, 0.05) is 59.1 Å². The minimum atomic E-state index is 0.628. The standard InChI is InChI=1S/C49H31N5S2/c1-5-14-32(15-6-1)33-24-26-36(27-25-33)47-52-46(35-18-9-3-10-19-35)53-48(54-47)37-28-29-39-40-22-13-23-41(45(40)56-42(39)30-37)49-50-31-43(55-38-20-11-4-12-21-38)44(51-49)34-16-7-2-8-17-34/h1-31H. The zero-order valence-electron chi connectivity index (χ0n) is 30.0. The Bertz CT molecular complexity index is 2970. The predicted octanol–water partition coefficient (Wildman–Crippen LogP) is 13.2. The van der Waals surface area contributed by atoms with E-state index < -0.39 is 0 Å². The maximum atomic E-state index is 5.24. The molecule has 10 rings (SSSR count). The fourth-order valence-electron chi connectivity index (χ4n) is 6.90. The van der Waals surface area contributed by atoms with Crippen molar-refractivity contribution in [2.24, 2.45) is 0 Å². The molecule has 0 aliphatic heterocycles. The largest absolute Gasteiger partial charge is 0.235 e. The van der Waals surface area contributed by atoms with E-state index in [0.717, 1.165) is 58.3 Å². The minimum absolute atomic E-state index is 0.628. The van der Waals surface area contributed by atoms with Crippen molar-refractivity contribution >= 4 is 43.3 Å². The Labute approximate surface area is 332 Å². The Kier molecular flexibility index (Phi) is 8.91. The highest BCUT2D eigenvalue weighted by atomic mass is 32.2. The van der Waals surface area contributed by atoms with Crippen LogP contribution in [0.2, 0.25) is 0 Å². The van der Waals surface area contributed by atoms with Crippen molar-refractivity contribution in [3.63, 3.8) is 0 Å². The Balaban J connectivity index is 1.06. The normalized spacial score (nSPS) is 11.3. The Morgan fingerprint density at radius 3 is 1.61 bits per heavy atom. The first-order valence-electron chi connectivity index (χ1n) is 18.3. The summed E-state index contributed by atoms with van der Waals surface area (Å²) in [7, 11) is 0. The molecule has 7 aromatic carbocycles. The van der Waals surface area contributed by atoms with Crippen LogP contribution in [0.1, 0.15) is 0 Å². The molecule has 56 heavy (non-hydrogen) atoms. The zero-order valence-corrected chi connectivity index (χ0v) is 31.6. The molecule has 0 aliphatic rings. The molecule has 0 spiro atoms. The van der Waals surface area contributed by atoms with E-state index in [-0.39, 0.29) is 0 Å². The molecule has 3 heterocycles. The van der Waals surface area contributed by atoms with Crippen LogP contribution in [-0.2, 0) is 0 Å². The fraction of sp³-hybridized carbons (Fsp3) is 0. The summed E-state index contributed by atoms with van der Waals surface area (Å²) in [4.78, 5) is 27.4. The van der Waals surface area contributed by atoms with Crippen molar-refractivity contribution in [2.45, 2.75) is 9.79 Å². The smallest absolute Gasteiger partial charge is 0.164 e. The summed E-state index contributed by atoms with van der Waals surface area (Å²) in [6.45, 7) is 0. The van der Waals surface area contributed by atoms with Gasteiger partial charge in [0.2, 0.25) is 0 Å². The molecule has 10 aromatic rings. The van der Waals surface area contributed by atoms with Gasteiger partial charge in [-0.15, -0.1) is 11.3 Å². The van der Waals surface area contributed by atoms with Gasteiger partial charge >= 0.3 is 0 Å². The molecule has 3 aromatic heterocycles. The molecule has 7 heteroatoms. The van der Waals surface area contributed by atoms with Gasteiger partial charge in [0.15, 0.2) is 23.3 Å². The van der Waals surface area contributed by atoms with Gasteiger partial charge in [-0.2, -0.15) is 0 Å². The maximum absolute atomic E-state index is 5.24. The van der Waals surface area contributed by atoms with Crippen molar-refractivity contribution < 1.29 is 0 Å². The van der Waals surface area contributed by atoms with Gasteiger partial charge in [-0.05, 0) is 35.4 Å². The summed E-state index contributed by atoms with van der Waals surface area (Å²) in [5, 5.41) is 2.34. The van der Waals surface area contributed by atoms with Crippen molar-refractivity contribution in [3.05, 3.63) is 188 Å². The Morgan fingerprint density at radius 2 is 0.929 bits per heavy atom. The first-order valence-corrected chi connectivity index (χ1v) is 20.0. The lowest BCUT2D eigenvalue weighted by Gasteiger charge is -2.11.